The number of fused-ring (bicyclic) bond motifs is 1. The Morgan fingerprint density at radius 3 is 2.71 bits per heavy atom. The van der Waals surface area contributed by atoms with E-state index in [4.69, 9.17) is 0 Å². The van der Waals surface area contributed by atoms with Gasteiger partial charge in [0.15, 0.2) is 0 Å². The van der Waals surface area contributed by atoms with Crippen LogP contribution in [0, 0.1) is 5.41 Å². The zero-order valence-electron chi connectivity index (χ0n) is 16.2. The molecule has 1 aromatic carbocycles. The van der Waals surface area contributed by atoms with Gasteiger partial charge in [-0.15, -0.1) is 5.10 Å². The summed E-state index contributed by atoms with van der Waals surface area (Å²) in [5.41, 5.74) is 3.15. The van der Waals surface area contributed by atoms with Crippen LogP contribution in [-0.2, 0) is 22.6 Å². The minimum atomic E-state index is -0.627. The van der Waals surface area contributed by atoms with E-state index >= 15 is 0 Å². The number of benzene rings is 1. The maximum Gasteiger partial charge on any atom is 0.255 e. The average Bonchev–Trinajstić information content (AvgIpc) is 3.18. The fourth-order valence-corrected chi connectivity index (χ4v) is 3.82. The molecule has 146 valence electrons. The van der Waals surface area contributed by atoms with E-state index in [0.29, 0.717) is 18.5 Å². The molecule has 2 aliphatic rings. The number of carbonyl (C=O) groups is 3. The summed E-state index contributed by atoms with van der Waals surface area (Å²) < 4.78 is 1.70. The van der Waals surface area contributed by atoms with Crippen LogP contribution in [0.5, 0.6) is 0 Å². The molecule has 1 atom stereocenters. The lowest BCUT2D eigenvalue weighted by atomic mass is 9.91. The van der Waals surface area contributed by atoms with Gasteiger partial charge in [-0.25, -0.2) is 4.68 Å². The van der Waals surface area contributed by atoms with E-state index in [9.17, 15) is 14.4 Å². The van der Waals surface area contributed by atoms with Crippen LogP contribution in [0.15, 0.2) is 24.4 Å². The zero-order valence-corrected chi connectivity index (χ0v) is 16.2. The van der Waals surface area contributed by atoms with E-state index in [1.165, 1.54) is 0 Å². The lowest BCUT2D eigenvalue weighted by molar-refractivity contribution is -0.136. The van der Waals surface area contributed by atoms with Crippen LogP contribution >= 0.6 is 0 Å². The fourth-order valence-electron chi connectivity index (χ4n) is 3.82. The highest BCUT2D eigenvalue weighted by Crippen LogP contribution is 2.31. The molecule has 3 heterocycles. The molecule has 8 heteroatoms. The van der Waals surface area contributed by atoms with Crippen LogP contribution in [0.3, 0.4) is 0 Å². The molecular formula is C20H23N5O3. The first kappa shape index (κ1) is 18.3. The summed E-state index contributed by atoms with van der Waals surface area (Å²) in [6.07, 6.45) is 3.27. The van der Waals surface area contributed by atoms with Crippen molar-refractivity contribution in [3.8, 4) is 5.69 Å². The van der Waals surface area contributed by atoms with Gasteiger partial charge < -0.3 is 4.90 Å². The van der Waals surface area contributed by atoms with Gasteiger partial charge in [0.2, 0.25) is 11.8 Å². The summed E-state index contributed by atoms with van der Waals surface area (Å²) in [6.45, 7) is 6.74. The van der Waals surface area contributed by atoms with Crippen LogP contribution in [0.25, 0.3) is 5.69 Å². The van der Waals surface area contributed by atoms with Crippen molar-refractivity contribution < 1.29 is 14.4 Å². The highest BCUT2D eigenvalue weighted by Gasteiger charge is 2.40. The van der Waals surface area contributed by atoms with E-state index in [-0.39, 0.29) is 23.7 Å². The summed E-state index contributed by atoms with van der Waals surface area (Å²) >= 11 is 0. The van der Waals surface area contributed by atoms with Gasteiger partial charge in [0.1, 0.15) is 6.04 Å². The van der Waals surface area contributed by atoms with Gasteiger partial charge >= 0.3 is 0 Å². The summed E-state index contributed by atoms with van der Waals surface area (Å²) in [7, 11) is 0. The number of piperidine rings is 1. The number of hydrogen-bond donors (Lipinski definition) is 1. The molecule has 8 nitrogen and oxygen atoms in total. The SMILES string of the molecule is CC(C)(C)Cc1cn(-c2cccc3c2CN(C2CCC(=O)NC2=O)C3=O)nn1. The third-order valence-corrected chi connectivity index (χ3v) is 5.06. The predicted octanol–water partition coefficient (Wildman–Crippen LogP) is 1.62. The number of nitrogens with one attached hydrogen (secondary N) is 1. The Morgan fingerprint density at radius 2 is 2.00 bits per heavy atom. The summed E-state index contributed by atoms with van der Waals surface area (Å²) in [5.74, 6) is -0.895. The van der Waals surface area contributed by atoms with Crippen molar-refractivity contribution in [3.05, 3.63) is 41.2 Å². The molecule has 0 bridgehead atoms. The first-order chi connectivity index (χ1) is 13.2. The van der Waals surface area contributed by atoms with Crippen molar-refractivity contribution >= 4 is 17.7 Å². The molecule has 0 aliphatic carbocycles. The van der Waals surface area contributed by atoms with E-state index in [0.717, 1.165) is 23.4 Å². The molecule has 0 spiro atoms. The molecule has 1 aromatic heterocycles. The van der Waals surface area contributed by atoms with Gasteiger partial charge in [0, 0.05) is 24.1 Å². The van der Waals surface area contributed by atoms with Crippen LogP contribution < -0.4 is 5.32 Å². The van der Waals surface area contributed by atoms with Gasteiger partial charge in [0.05, 0.1) is 17.6 Å². The number of imide groups is 1. The van der Waals surface area contributed by atoms with E-state index in [1.807, 2.05) is 18.3 Å². The highest BCUT2D eigenvalue weighted by atomic mass is 16.2. The smallest absolute Gasteiger partial charge is 0.255 e. The summed E-state index contributed by atoms with van der Waals surface area (Å²) in [6, 6.07) is 4.85. The van der Waals surface area contributed by atoms with E-state index in [1.54, 1.807) is 15.6 Å². The van der Waals surface area contributed by atoms with Crippen LogP contribution in [0.2, 0.25) is 0 Å². The minimum absolute atomic E-state index is 0.0953. The van der Waals surface area contributed by atoms with Crippen molar-refractivity contribution in [3.63, 3.8) is 0 Å². The highest BCUT2D eigenvalue weighted by molar-refractivity contribution is 6.05. The number of aromatic nitrogens is 3. The monoisotopic (exact) mass is 381 g/mol. The second-order valence-electron chi connectivity index (χ2n) is 8.60. The summed E-state index contributed by atoms with van der Waals surface area (Å²) in [4.78, 5) is 38.1. The predicted molar refractivity (Wildman–Crippen MR) is 101 cm³/mol. The van der Waals surface area contributed by atoms with Crippen molar-refractivity contribution in [1.29, 1.82) is 0 Å². The number of nitrogens with zero attached hydrogens (tertiary/aromatic N) is 4. The van der Waals surface area contributed by atoms with Crippen LogP contribution in [-0.4, -0.2) is 43.7 Å². The van der Waals surface area contributed by atoms with Gasteiger partial charge in [0.25, 0.3) is 5.91 Å². The fraction of sp³-hybridized carbons (Fsp3) is 0.450. The Kier molecular flexibility index (Phi) is 4.28. The standard InChI is InChI=1S/C20H23N5O3/c1-20(2,3)9-12-10-25(23-22-12)15-6-4-5-13-14(15)11-24(19(13)28)16-7-8-17(26)21-18(16)27/h4-6,10,16H,7-9,11H2,1-3H3,(H,21,26,27). The van der Waals surface area contributed by atoms with Crippen molar-refractivity contribution in [2.24, 2.45) is 5.41 Å². The van der Waals surface area contributed by atoms with Crippen molar-refractivity contribution in [2.45, 2.75) is 52.6 Å². The van der Waals surface area contributed by atoms with Crippen LogP contribution in [0.4, 0.5) is 0 Å². The zero-order chi connectivity index (χ0) is 20.1. The normalized spacial score (nSPS) is 19.8. The molecule has 28 heavy (non-hydrogen) atoms. The van der Waals surface area contributed by atoms with Gasteiger partial charge in [-0.2, -0.15) is 0 Å². The molecule has 1 N–H and O–H groups in total. The molecular weight excluding hydrogens is 358 g/mol. The molecule has 1 unspecified atom stereocenters. The molecule has 2 aromatic rings. The number of hydrogen-bond acceptors (Lipinski definition) is 5. The Bertz CT molecular complexity index is 972. The molecule has 4 rings (SSSR count). The number of carbonyl (C=O) groups excluding carboxylic acids is 3. The molecule has 3 amide bonds. The van der Waals surface area contributed by atoms with Gasteiger partial charge in [-0.1, -0.05) is 32.1 Å². The molecule has 0 radical (unpaired) electrons. The largest absolute Gasteiger partial charge is 0.322 e. The number of amides is 3. The maximum absolute atomic E-state index is 12.9. The van der Waals surface area contributed by atoms with Crippen molar-refractivity contribution in [2.75, 3.05) is 0 Å². The third-order valence-electron chi connectivity index (χ3n) is 5.06. The lowest BCUT2D eigenvalue weighted by Crippen LogP contribution is -2.52. The number of rotatable bonds is 3. The topological polar surface area (TPSA) is 97.2 Å². The Labute approximate surface area is 162 Å². The lowest BCUT2D eigenvalue weighted by Gasteiger charge is -2.29. The van der Waals surface area contributed by atoms with E-state index in [2.05, 4.69) is 36.4 Å². The molecule has 1 fully saturated rings. The summed E-state index contributed by atoms with van der Waals surface area (Å²) in [5, 5.41) is 10.8. The molecule has 2 aliphatic heterocycles. The van der Waals surface area contributed by atoms with Crippen molar-refractivity contribution in [1.82, 2.24) is 25.2 Å². The average molecular weight is 381 g/mol. The van der Waals surface area contributed by atoms with Crippen LogP contribution in [0.1, 0.15) is 55.2 Å². The molecule has 1 saturated heterocycles. The Balaban J connectivity index is 1.63. The van der Waals surface area contributed by atoms with Gasteiger partial charge in [-0.05, 0) is 30.4 Å². The first-order valence-corrected chi connectivity index (χ1v) is 9.41. The first-order valence-electron chi connectivity index (χ1n) is 9.41. The van der Waals surface area contributed by atoms with E-state index < -0.39 is 11.9 Å². The Morgan fingerprint density at radius 1 is 1.21 bits per heavy atom. The second-order valence-corrected chi connectivity index (χ2v) is 8.60. The maximum atomic E-state index is 12.9. The second kappa shape index (κ2) is 6.54. The Hall–Kier alpha value is -3.03. The quantitative estimate of drug-likeness (QED) is 0.815. The van der Waals surface area contributed by atoms with Gasteiger partial charge in [-0.3, -0.25) is 19.7 Å². The third kappa shape index (κ3) is 3.30. The minimum Gasteiger partial charge on any atom is -0.322 e. The molecule has 0 saturated carbocycles.